The number of aromatic nitrogens is 1. The van der Waals surface area contributed by atoms with Crippen LogP contribution >= 0.6 is 11.6 Å². The van der Waals surface area contributed by atoms with Gasteiger partial charge in [0, 0.05) is 29.9 Å². The summed E-state index contributed by atoms with van der Waals surface area (Å²) in [5, 5.41) is 7.32. The van der Waals surface area contributed by atoms with E-state index in [9.17, 15) is 0 Å². The van der Waals surface area contributed by atoms with Gasteiger partial charge < -0.3 is 4.90 Å². The molecule has 5 heteroatoms. The largest absolute Gasteiger partial charge is 0.353 e. The number of nitrogens with zero attached hydrogens (tertiary/aromatic N) is 4. The zero-order valence-corrected chi connectivity index (χ0v) is 12.4. The van der Waals surface area contributed by atoms with Crippen molar-refractivity contribution in [2.45, 2.75) is 0 Å². The van der Waals surface area contributed by atoms with E-state index in [-0.39, 0.29) is 0 Å². The minimum atomic E-state index is 0.730. The molecule has 0 bridgehead atoms. The number of pyridine rings is 1. The van der Waals surface area contributed by atoms with Gasteiger partial charge in [-0.1, -0.05) is 35.9 Å². The highest BCUT2D eigenvalue weighted by Gasteiger charge is 2.16. The van der Waals surface area contributed by atoms with E-state index in [0.717, 1.165) is 42.6 Å². The molecule has 1 aliphatic rings. The maximum atomic E-state index is 6.12. The van der Waals surface area contributed by atoms with Crippen molar-refractivity contribution in [1.29, 1.82) is 0 Å². The molecule has 0 spiro atoms. The van der Waals surface area contributed by atoms with Crippen molar-refractivity contribution in [3.63, 3.8) is 0 Å². The minimum Gasteiger partial charge on any atom is -0.353 e. The van der Waals surface area contributed by atoms with Crippen molar-refractivity contribution in [2.24, 2.45) is 5.10 Å². The lowest BCUT2D eigenvalue weighted by atomic mass is 10.2. The lowest BCUT2D eigenvalue weighted by molar-refractivity contribution is 0.271. The Kier molecular flexibility index (Phi) is 4.36. The Hall–Kier alpha value is -2.07. The molecule has 1 fully saturated rings. The summed E-state index contributed by atoms with van der Waals surface area (Å²) < 4.78 is 0. The number of hydrogen-bond acceptors (Lipinski definition) is 4. The van der Waals surface area contributed by atoms with Crippen LogP contribution < -0.4 is 4.90 Å². The summed E-state index contributed by atoms with van der Waals surface area (Å²) in [6.45, 7) is 3.63. The molecule has 1 aliphatic heterocycles. The molecule has 21 heavy (non-hydrogen) atoms. The van der Waals surface area contributed by atoms with Crippen LogP contribution in [0.25, 0.3) is 0 Å². The first-order valence-electron chi connectivity index (χ1n) is 7.02. The van der Waals surface area contributed by atoms with Crippen molar-refractivity contribution in [1.82, 2.24) is 9.99 Å². The molecular weight excluding hydrogens is 284 g/mol. The van der Waals surface area contributed by atoms with Crippen LogP contribution in [0.4, 0.5) is 5.82 Å². The number of benzene rings is 1. The number of hydrazone groups is 1. The monoisotopic (exact) mass is 300 g/mol. The molecular formula is C16H17ClN4. The van der Waals surface area contributed by atoms with Gasteiger partial charge in [-0.25, -0.2) is 4.98 Å². The molecule has 2 heterocycles. The fraction of sp³-hybridized carbons (Fsp3) is 0.250. The standard InChI is InChI=1S/C16H17ClN4/c17-15-6-2-1-5-14(15)13-19-21-11-9-20(10-12-21)16-7-3-4-8-18-16/h1-8,13H,9-12H2/b19-13-. The van der Waals surface area contributed by atoms with Gasteiger partial charge in [0.1, 0.15) is 5.82 Å². The zero-order valence-electron chi connectivity index (χ0n) is 11.7. The van der Waals surface area contributed by atoms with Crippen molar-refractivity contribution >= 4 is 23.6 Å². The average molecular weight is 301 g/mol. The third-order valence-corrected chi connectivity index (χ3v) is 3.84. The predicted molar refractivity (Wildman–Crippen MR) is 87.1 cm³/mol. The molecule has 2 aromatic rings. The van der Waals surface area contributed by atoms with Gasteiger partial charge in [0.25, 0.3) is 0 Å². The third kappa shape index (κ3) is 3.52. The average Bonchev–Trinajstić information content (AvgIpc) is 2.55. The second-order valence-electron chi connectivity index (χ2n) is 4.89. The van der Waals surface area contributed by atoms with E-state index in [4.69, 9.17) is 11.6 Å². The molecule has 0 radical (unpaired) electrons. The first-order valence-corrected chi connectivity index (χ1v) is 7.40. The summed E-state index contributed by atoms with van der Waals surface area (Å²) in [4.78, 5) is 6.66. The maximum Gasteiger partial charge on any atom is 0.128 e. The quantitative estimate of drug-likeness (QED) is 0.817. The second-order valence-corrected chi connectivity index (χ2v) is 5.30. The lowest BCUT2D eigenvalue weighted by Crippen LogP contribution is -2.44. The molecule has 1 saturated heterocycles. The molecule has 0 atom stereocenters. The Labute approximate surface area is 129 Å². The first-order chi connectivity index (χ1) is 10.3. The van der Waals surface area contributed by atoms with Crippen LogP contribution in [0.15, 0.2) is 53.8 Å². The Morgan fingerprint density at radius 2 is 1.76 bits per heavy atom. The van der Waals surface area contributed by atoms with E-state index in [1.807, 2.05) is 54.9 Å². The van der Waals surface area contributed by atoms with Crippen LogP contribution in [0, 0.1) is 0 Å². The summed E-state index contributed by atoms with van der Waals surface area (Å²) in [5.41, 5.74) is 0.950. The lowest BCUT2D eigenvalue weighted by Gasteiger charge is -2.33. The Morgan fingerprint density at radius 1 is 1.00 bits per heavy atom. The van der Waals surface area contributed by atoms with Crippen molar-refractivity contribution in [2.75, 3.05) is 31.1 Å². The van der Waals surface area contributed by atoms with Gasteiger partial charge in [-0.05, 0) is 18.2 Å². The normalized spacial score (nSPS) is 15.7. The van der Waals surface area contributed by atoms with Gasteiger partial charge in [0.05, 0.1) is 19.3 Å². The summed E-state index contributed by atoms with van der Waals surface area (Å²) in [6, 6.07) is 13.7. The van der Waals surface area contributed by atoms with Crippen LogP contribution in [0.3, 0.4) is 0 Å². The van der Waals surface area contributed by atoms with Crippen LogP contribution in [-0.4, -0.2) is 42.4 Å². The second kappa shape index (κ2) is 6.59. The number of hydrogen-bond donors (Lipinski definition) is 0. The summed E-state index contributed by atoms with van der Waals surface area (Å²) >= 11 is 6.12. The van der Waals surface area contributed by atoms with Gasteiger partial charge in [-0.15, -0.1) is 0 Å². The smallest absolute Gasteiger partial charge is 0.128 e. The SMILES string of the molecule is Clc1ccccc1/C=N\N1CCN(c2ccccn2)CC1. The Balaban J connectivity index is 1.58. The molecule has 3 rings (SSSR count). The third-order valence-electron chi connectivity index (χ3n) is 3.49. The number of halogens is 1. The van der Waals surface area contributed by atoms with Gasteiger partial charge in [0.15, 0.2) is 0 Å². The molecule has 4 nitrogen and oxygen atoms in total. The molecule has 0 unspecified atom stereocenters. The van der Waals surface area contributed by atoms with E-state index in [1.54, 1.807) is 0 Å². The van der Waals surface area contributed by atoms with Crippen LogP contribution in [0.1, 0.15) is 5.56 Å². The fourth-order valence-electron chi connectivity index (χ4n) is 2.30. The number of piperazine rings is 1. The molecule has 108 valence electrons. The van der Waals surface area contributed by atoms with E-state index in [0.29, 0.717) is 0 Å². The van der Waals surface area contributed by atoms with Gasteiger partial charge in [-0.2, -0.15) is 5.10 Å². The summed E-state index contributed by atoms with van der Waals surface area (Å²) in [7, 11) is 0. The van der Waals surface area contributed by atoms with Gasteiger partial charge in [0.2, 0.25) is 0 Å². The zero-order chi connectivity index (χ0) is 14.5. The van der Waals surface area contributed by atoms with E-state index in [2.05, 4.69) is 20.0 Å². The first kappa shape index (κ1) is 13.9. The molecule has 1 aromatic carbocycles. The van der Waals surface area contributed by atoms with Crippen molar-refractivity contribution in [3.8, 4) is 0 Å². The number of rotatable bonds is 3. The van der Waals surface area contributed by atoms with Crippen molar-refractivity contribution < 1.29 is 0 Å². The van der Waals surface area contributed by atoms with Crippen LogP contribution in [0.2, 0.25) is 5.02 Å². The van der Waals surface area contributed by atoms with Crippen LogP contribution in [-0.2, 0) is 0 Å². The summed E-state index contributed by atoms with van der Waals surface area (Å²) in [6.07, 6.45) is 3.66. The Bertz CT molecular complexity index is 607. The molecule has 0 amide bonds. The van der Waals surface area contributed by atoms with Crippen molar-refractivity contribution in [3.05, 3.63) is 59.2 Å². The highest BCUT2D eigenvalue weighted by atomic mass is 35.5. The fourth-order valence-corrected chi connectivity index (χ4v) is 2.49. The van der Waals surface area contributed by atoms with Gasteiger partial charge >= 0.3 is 0 Å². The van der Waals surface area contributed by atoms with E-state index < -0.39 is 0 Å². The molecule has 0 aliphatic carbocycles. The Morgan fingerprint density at radius 3 is 2.48 bits per heavy atom. The topological polar surface area (TPSA) is 31.7 Å². The molecule has 1 aromatic heterocycles. The minimum absolute atomic E-state index is 0.730. The highest BCUT2D eigenvalue weighted by molar-refractivity contribution is 6.33. The van der Waals surface area contributed by atoms with Crippen LogP contribution in [0.5, 0.6) is 0 Å². The van der Waals surface area contributed by atoms with E-state index in [1.165, 1.54) is 0 Å². The molecule has 0 saturated carbocycles. The predicted octanol–water partition coefficient (Wildman–Crippen LogP) is 2.89. The summed E-state index contributed by atoms with van der Waals surface area (Å²) in [5.74, 6) is 1.03. The number of anilines is 1. The maximum absolute atomic E-state index is 6.12. The van der Waals surface area contributed by atoms with E-state index >= 15 is 0 Å². The highest BCUT2D eigenvalue weighted by Crippen LogP contribution is 2.14. The molecule has 0 N–H and O–H groups in total. The van der Waals surface area contributed by atoms with Gasteiger partial charge in [-0.3, -0.25) is 5.01 Å².